The van der Waals surface area contributed by atoms with Gasteiger partial charge < -0.3 is 5.32 Å². The van der Waals surface area contributed by atoms with Crippen LogP contribution in [-0.4, -0.2) is 29.9 Å². The first kappa shape index (κ1) is 13.1. The van der Waals surface area contributed by atoms with E-state index in [1.807, 2.05) is 26.1 Å². The summed E-state index contributed by atoms with van der Waals surface area (Å²) >= 11 is 0. The van der Waals surface area contributed by atoms with Gasteiger partial charge in [0.25, 0.3) is 0 Å². The van der Waals surface area contributed by atoms with E-state index >= 15 is 0 Å². The summed E-state index contributed by atoms with van der Waals surface area (Å²) in [5, 5.41) is 3.05. The monoisotopic (exact) mass is 246 g/mol. The van der Waals surface area contributed by atoms with Crippen LogP contribution in [0.4, 0.5) is 0 Å². The molecule has 1 atom stereocenters. The normalized spacial score (nSPS) is 16.7. The SMILES string of the molecule is Cc1ccccc1CN(C)C(C)C(=O)NC1CC1. The van der Waals surface area contributed by atoms with Gasteiger partial charge in [-0.2, -0.15) is 0 Å². The largest absolute Gasteiger partial charge is 0.352 e. The summed E-state index contributed by atoms with van der Waals surface area (Å²) in [6, 6.07) is 8.68. The lowest BCUT2D eigenvalue weighted by atomic mass is 10.1. The molecular formula is C15H22N2O. The standard InChI is InChI=1S/C15H22N2O/c1-11-6-4-5-7-13(11)10-17(3)12(2)15(18)16-14-8-9-14/h4-7,12,14H,8-10H2,1-3H3,(H,16,18). The summed E-state index contributed by atoms with van der Waals surface area (Å²) in [7, 11) is 2.00. The number of rotatable bonds is 5. The van der Waals surface area contributed by atoms with Gasteiger partial charge in [-0.05, 0) is 44.9 Å². The van der Waals surface area contributed by atoms with Gasteiger partial charge in [-0.3, -0.25) is 9.69 Å². The number of nitrogens with one attached hydrogen (secondary N) is 1. The third-order valence-electron chi connectivity index (χ3n) is 3.65. The van der Waals surface area contributed by atoms with E-state index in [0.717, 1.165) is 19.4 Å². The minimum Gasteiger partial charge on any atom is -0.352 e. The van der Waals surface area contributed by atoms with Gasteiger partial charge in [0, 0.05) is 12.6 Å². The van der Waals surface area contributed by atoms with Crippen LogP contribution in [0.3, 0.4) is 0 Å². The fraction of sp³-hybridized carbons (Fsp3) is 0.533. The van der Waals surface area contributed by atoms with Crippen molar-refractivity contribution in [1.29, 1.82) is 0 Å². The zero-order chi connectivity index (χ0) is 13.1. The lowest BCUT2D eigenvalue weighted by molar-refractivity contribution is -0.125. The van der Waals surface area contributed by atoms with E-state index in [2.05, 4.69) is 29.3 Å². The number of hydrogen-bond donors (Lipinski definition) is 1. The van der Waals surface area contributed by atoms with Crippen LogP contribution in [0.1, 0.15) is 30.9 Å². The van der Waals surface area contributed by atoms with E-state index in [0.29, 0.717) is 6.04 Å². The molecule has 3 heteroatoms. The Kier molecular flexibility index (Phi) is 4.02. The number of benzene rings is 1. The fourth-order valence-electron chi connectivity index (χ4n) is 1.94. The molecule has 3 nitrogen and oxygen atoms in total. The average Bonchev–Trinajstić information content (AvgIpc) is 3.15. The number of aryl methyl sites for hydroxylation is 1. The van der Waals surface area contributed by atoms with Crippen LogP contribution in [-0.2, 0) is 11.3 Å². The topological polar surface area (TPSA) is 32.3 Å². The summed E-state index contributed by atoms with van der Waals surface area (Å²) in [6.07, 6.45) is 2.28. The van der Waals surface area contributed by atoms with Crippen LogP contribution in [0.15, 0.2) is 24.3 Å². The maximum atomic E-state index is 12.0. The molecule has 0 radical (unpaired) electrons. The smallest absolute Gasteiger partial charge is 0.237 e. The Morgan fingerprint density at radius 2 is 2.11 bits per heavy atom. The molecule has 18 heavy (non-hydrogen) atoms. The Morgan fingerprint density at radius 1 is 1.44 bits per heavy atom. The summed E-state index contributed by atoms with van der Waals surface area (Å²) in [5.74, 6) is 0.147. The fourth-order valence-corrected chi connectivity index (χ4v) is 1.94. The van der Waals surface area contributed by atoms with Gasteiger partial charge in [0.15, 0.2) is 0 Å². The van der Waals surface area contributed by atoms with Gasteiger partial charge in [-0.15, -0.1) is 0 Å². The minimum atomic E-state index is -0.0785. The van der Waals surface area contributed by atoms with Crippen molar-refractivity contribution in [3.63, 3.8) is 0 Å². The van der Waals surface area contributed by atoms with Crippen molar-refractivity contribution in [3.05, 3.63) is 35.4 Å². The van der Waals surface area contributed by atoms with Crippen molar-refractivity contribution < 1.29 is 4.79 Å². The van der Waals surface area contributed by atoms with E-state index in [1.54, 1.807) is 0 Å². The second-order valence-corrected chi connectivity index (χ2v) is 5.30. The Hall–Kier alpha value is -1.35. The van der Waals surface area contributed by atoms with Crippen LogP contribution < -0.4 is 5.32 Å². The quantitative estimate of drug-likeness (QED) is 0.863. The number of amides is 1. The summed E-state index contributed by atoms with van der Waals surface area (Å²) in [5.41, 5.74) is 2.56. The molecule has 0 bridgehead atoms. The molecule has 0 saturated heterocycles. The zero-order valence-electron chi connectivity index (χ0n) is 11.4. The number of carbonyl (C=O) groups is 1. The van der Waals surface area contributed by atoms with Crippen molar-refractivity contribution in [2.24, 2.45) is 0 Å². The van der Waals surface area contributed by atoms with Gasteiger partial charge in [0.1, 0.15) is 0 Å². The number of carbonyl (C=O) groups excluding carboxylic acids is 1. The molecule has 0 aromatic heterocycles. The van der Waals surface area contributed by atoms with Crippen molar-refractivity contribution in [3.8, 4) is 0 Å². The summed E-state index contributed by atoms with van der Waals surface area (Å²) < 4.78 is 0. The van der Waals surface area contributed by atoms with E-state index in [9.17, 15) is 4.79 Å². The Morgan fingerprint density at radius 3 is 2.72 bits per heavy atom. The third kappa shape index (κ3) is 3.33. The number of hydrogen-bond acceptors (Lipinski definition) is 2. The van der Waals surface area contributed by atoms with E-state index in [1.165, 1.54) is 11.1 Å². The maximum absolute atomic E-state index is 12.0. The summed E-state index contributed by atoms with van der Waals surface area (Å²) in [6.45, 7) is 4.89. The van der Waals surface area contributed by atoms with Gasteiger partial charge >= 0.3 is 0 Å². The van der Waals surface area contributed by atoms with Crippen LogP contribution >= 0.6 is 0 Å². The van der Waals surface area contributed by atoms with Crippen LogP contribution in [0.5, 0.6) is 0 Å². The van der Waals surface area contributed by atoms with Crippen LogP contribution in [0, 0.1) is 6.92 Å². The Balaban J connectivity index is 1.92. The molecule has 0 aliphatic heterocycles. The molecule has 2 rings (SSSR count). The molecule has 1 aliphatic carbocycles. The predicted octanol–water partition coefficient (Wildman–Crippen LogP) is 2.09. The first-order chi connectivity index (χ1) is 8.58. The predicted molar refractivity (Wildman–Crippen MR) is 73.3 cm³/mol. The van der Waals surface area contributed by atoms with Gasteiger partial charge in [-0.25, -0.2) is 0 Å². The minimum absolute atomic E-state index is 0.0785. The first-order valence-electron chi connectivity index (χ1n) is 6.63. The lowest BCUT2D eigenvalue weighted by Gasteiger charge is -2.24. The van der Waals surface area contributed by atoms with Crippen molar-refractivity contribution in [1.82, 2.24) is 10.2 Å². The highest BCUT2D eigenvalue weighted by molar-refractivity contribution is 5.81. The molecule has 1 saturated carbocycles. The summed E-state index contributed by atoms with van der Waals surface area (Å²) in [4.78, 5) is 14.1. The van der Waals surface area contributed by atoms with Gasteiger partial charge in [0.2, 0.25) is 5.91 Å². The molecule has 1 amide bonds. The molecule has 1 aliphatic rings. The highest BCUT2D eigenvalue weighted by Gasteiger charge is 2.27. The van der Waals surface area contributed by atoms with Gasteiger partial charge in [-0.1, -0.05) is 24.3 Å². The molecule has 1 aromatic carbocycles. The van der Waals surface area contributed by atoms with Crippen LogP contribution in [0.2, 0.25) is 0 Å². The Bertz CT molecular complexity index is 426. The van der Waals surface area contributed by atoms with E-state index < -0.39 is 0 Å². The molecule has 0 heterocycles. The maximum Gasteiger partial charge on any atom is 0.237 e. The number of likely N-dealkylation sites (N-methyl/N-ethyl adjacent to an activating group) is 1. The second kappa shape index (κ2) is 5.53. The molecule has 1 unspecified atom stereocenters. The molecular weight excluding hydrogens is 224 g/mol. The molecule has 1 N–H and O–H groups in total. The zero-order valence-corrected chi connectivity index (χ0v) is 11.4. The van der Waals surface area contributed by atoms with E-state index in [4.69, 9.17) is 0 Å². The highest BCUT2D eigenvalue weighted by atomic mass is 16.2. The van der Waals surface area contributed by atoms with Crippen molar-refractivity contribution in [2.75, 3.05) is 7.05 Å². The lowest BCUT2D eigenvalue weighted by Crippen LogP contribution is -2.43. The average molecular weight is 246 g/mol. The first-order valence-corrected chi connectivity index (χ1v) is 6.63. The third-order valence-corrected chi connectivity index (χ3v) is 3.65. The van der Waals surface area contributed by atoms with Crippen LogP contribution in [0.25, 0.3) is 0 Å². The highest BCUT2D eigenvalue weighted by Crippen LogP contribution is 2.19. The Labute approximate surface area is 109 Å². The van der Waals surface area contributed by atoms with Crippen molar-refractivity contribution >= 4 is 5.91 Å². The second-order valence-electron chi connectivity index (χ2n) is 5.30. The molecule has 0 spiro atoms. The molecule has 98 valence electrons. The van der Waals surface area contributed by atoms with E-state index in [-0.39, 0.29) is 11.9 Å². The number of nitrogens with zero attached hydrogens (tertiary/aromatic N) is 1. The van der Waals surface area contributed by atoms with Gasteiger partial charge in [0.05, 0.1) is 6.04 Å². The molecule has 1 aromatic rings. The molecule has 1 fully saturated rings. The van der Waals surface area contributed by atoms with Crippen molar-refractivity contribution in [2.45, 2.75) is 45.3 Å².